The summed E-state index contributed by atoms with van der Waals surface area (Å²) in [5.41, 5.74) is 2.58. The molecule has 1 fully saturated rings. The summed E-state index contributed by atoms with van der Waals surface area (Å²) in [7, 11) is 0. The van der Waals surface area contributed by atoms with Crippen LogP contribution in [0.4, 0.5) is 0 Å². The van der Waals surface area contributed by atoms with Crippen molar-refractivity contribution in [3.8, 4) is 0 Å². The fourth-order valence-corrected chi connectivity index (χ4v) is 2.93. The maximum Gasteiger partial charge on any atom is 0.0587 e. The molecular formula is C13H18BrNO. The predicted molar refractivity (Wildman–Crippen MR) is 69.4 cm³/mol. The van der Waals surface area contributed by atoms with E-state index >= 15 is 0 Å². The van der Waals surface area contributed by atoms with Gasteiger partial charge in [-0.05, 0) is 43.5 Å². The van der Waals surface area contributed by atoms with Crippen LogP contribution in [0.2, 0.25) is 0 Å². The number of aliphatic hydroxyl groups excluding tert-OH is 1. The molecule has 0 radical (unpaired) electrons. The summed E-state index contributed by atoms with van der Waals surface area (Å²) in [4.78, 5) is 2.37. The number of likely N-dealkylation sites (tertiary alicyclic amines) is 1. The Kier molecular flexibility index (Phi) is 4.00. The van der Waals surface area contributed by atoms with Crippen molar-refractivity contribution in [3.63, 3.8) is 0 Å². The van der Waals surface area contributed by atoms with Crippen LogP contribution in [-0.4, -0.2) is 29.2 Å². The van der Waals surface area contributed by atoms with Gasteiger partial charge < -0.3 is 5.11 Å². The van der Waals surface area contributed by atoms with E-state index in [-0.39, 0.29) is 6.61 Å². The number of aliphatic hydroxyl groups is 1. The van der Waals surface area contributed by atoms with E-state index in [1.807, 2.05) is 0 Å². The highest BCUT2D eigenvalue weighted by Gasteiger charge is 2.23. The van der Waals surface area contributed by atoms with Gasteiger partial charge in [0.05, 0.1) is 6.61 Å². The smallest absolute Gasteiger partial charge is 0.0587 e. The molecule has 0 saturated carbocycles. The molecule has 2 rings (SSSR count). The van der Waals surface area contributed by atoms with Gasteiger partial charge in [-0.1, -0.05) is 28.1 Å². The van der Waals surface area contributed by atoms with Crippen molar-refractivity contribution in [2.45, 2.75) is 32.4 Å². The van der Waals surface area contributed by atoms with Crippen LogP contribution < -0.4 is 0 Å². The zero-order valence-electron chi connectivity index (χ0n) is 9.62. The van der Waals surface area contributed by atoms with Gasteiger partial charge in [0.2, 0.25) is 0 Å². The third kappa shape index (κ3) is 2.65. The fraction of sp³-hybridized carbons (Fsp3) is 0.538. The number of benzene rings is 1. The number of aryl methyl sites for hydroxylation is 1. The second kappa shape index (κ2) is 5.30. The molecule has 1 saturated heterocycles. The molecule has 1 heterocycles. The van der Waals surface area contributed by atoms with E-state index in [1.54, 1.807) is 0 Å². The molecule has 3 heteroatoms. The van der Waals surface area contributed by atoms with E-state index in [2.05, 4.69) is 46.0 Å². The Morgan fingerprint density at radius 3 is 3.00 bits per heavy atom. The molecule has 0 aromatic heterocycles. The second-order valence-electron chi connectivity index (χ2n) is 4.54. The third-order valence-electron chi connectivity index (χ3n) is 3.29. The predicted octanol–water partition coefficient (Wildman–Crippen LogP) is 2.71. The van der Waals surface area contributed by atoms with E-state index in [9.17, 15) is 5.11 Å². The van der Waals surface area contributed by atoms with Crippen molar-refractivity contribution in [3.05, 3.63) is 33.8 Å². The van der Waals surface area contributed by atoms with Crippen molar-refractivity contribution in [2.24, 2.45) is 0 Å². The number of nitrogens with zero attached hydrogens (tertiary/aromatic N) is 1. The van der Waals surface area contributed by atoms with Crippen LogP contribution >= 0.6 is 15.9 Å². The molecule has 88 valence electrons. The summed E-state index contributed by atoms with van der Waals surface area (Å²) in [5, 5.41) is 9.27. The van der Waals surface area contributed by atoms with Crippen molar-refractivity contribution in [2.75, 3.05) is 13.2 Å². The molecular weight excluding hydrogens is 266 g/mol. The summed E-state index contributed by atoms with van der Waals surface area (Å²) >= 11 is 3.61. The molecule has 1 N–H and O–H groups in total. The Bertz CT molecular complexity index is 367. The van der Waals surface area contributed by atoms with Crippen LogP contribution in [0.1, 0.15) is 24.0 Å². The summed E-state index contributed by atoms with van der Waals surface area (Å²) in [6.07, 6.45) is 2.33. The lowest BCUT2D eigenvalue weighted by atomic mass is 10.1. The highest BCUT2D eigenvalue weighted by atomic mass is 79.9. The SMILES string of the molecule is Cc1ccc(CN2CCC[C@H]2CO)c(Br)c1. The first-order chi connectivity index (χ1) is 7.70. The van der Waals surface area contributed by atoms with Crippen molar-refractivity contribution >= 4 is 15.9 Å². The minimum atomic E-state index is 0.281. The number of halogens is 1. The van der Waals surface area contributed by atoms with Gasteiger partial charge in [0.1, 0.15) is 0 Å². The topological polar surface area (TPSA) is 23.5 Å². The first-order valence-corrected chi connectivity index (χ1v) is 6.60. The van der Waals surface area contributed by atoms with E-state index in [0.717, 1.165) is 19.5 Å². The summed E-state index contributed by atoms with van der Waals surface area (Å²) in [5.74, 6) is 0. The van der Waals surface area contributed by atoms with Gasteiger partial charge in [0.25, 0.3) is 0 Å². The van der Waals surface area contributed by atoms with Gasteiger partial charge in [0.15, 0.2) is 0 Å². The van der Waals surface area contributed by atoms with Gasteiger partial charge in [0, 0.05) is 17.1 Å². The molecule has 16 heavy (non-hydrogen) atoms. The Morgan fingerprint density at radius 2 is 2.31 bits per heavy atom. The molecule has 0 aliphatic carbocycles. The van der Waals surface area contributed by atoms with E-state index in [1.165, 1.54) is 22.0 Å². The highest BCUT2D eigenvalue weighted by molar-refractivity contribution is 9.10. The zero-order chi connectivity index (χ0) is 11.5. The minimum Gasteiger partial charge on any atom is -0.395 e. The molecule has 1 atom stereocenters. The van der Waals surface area contributed by atoms with Crippen molar-refractivity contribution < 1.29 is 5.11 Å². The number of rotatable bonds is 3. The molecule has 1 aliphatic rings. The molecule has 0 amide bonds. The summed E-state index contributed by atoms with van der Waals surface area (Å²) in [6.45, 7) is 4.42. The maximum absolute atomic E-state index is 9.27. The molecule has 1 aromatic carbocycles. The Hall–Kier alpha value is -0.380. The van der Waals surface area contributed by atoms with Gasteiger partial charge in [-0.25, -0.2) is 0 Å². The minimum absolute atomic E-state index is 0.281. The Balaban J connectivity index is 2.08. The van der Waals surface area contributed by atoms with Crippen LogP contribution in [0.3, 0.4) is 0 Å². The monoisotopic (exact) mass is 283 g/mol. The Morgan fingerprint density at radius 1 is 1.50 bits per heavy atom. The van der Waals surface area contributed by atoms with Crippen molar-refractivity contribution in [1.29, 1.82) is 0 Å². The number of hydrogen-bond acceptors (Lipinski definition) is 2. The molecule has 0 unspecified atom stereocenters. The van der Waals surface area contributed by atoms with Crippen LogP contribution in [0.5, 0.6) is 0 Å². The van der Waals surface area contributed by atoms with E-state index in [0.29, 0.717) is 6.04 Å². The summed E-state index contributed by atoms with van der Waals surface area (Å²) < 4.78 is 1.18. The van der Waals surface area contributed by atoms with Crippen LogP contribution in [0, 0.1) is 6.92 Å². The van der Waals surface area contributed by atoms with Crippen LogP contribution in [0.25, 0.3) is 0 Å². The zero-order valence-corrected chi connectivity index (χ0v) is 11.2. The standard InChI is InChI=1S/C13H18BrNO/c1-10-4-5-11(13(14)7-10)8-15-6-2-3-12(15)9-16/h4-5,7,12,16H,2-3,6,8-9H2,1H3/t12-/m0/s1. The molecule has 0 bridgehead atoms. The average molecular weight is 284 g/mol. The van der Waals surface area contributed by atoms with E-state index in [4.69, 9.17) is 0 Å². The molecule has 1 aliphatic heterocycles. The van der Waals surface area contributed by atoms with Gasteiger partial charge in [-0.15, -0.1) is 0 Å². The molecule has 0 spiro atoms. The first kappa shape index (κ1) is 12.1. The lowest BCUT2D eigenvalue weighted by Gasteiger charge is -2.23. The third-order valence-corrected chi connectivity index (χ3v) is 4.03. The fourth-order valence-electron chi connectivity index (χ4n) is 2.31. The average Bonchev–Trinajstić information content (AvgIpc) is 2.69. The number of hydrogen-bond donors (Lipinski definition) is 1. The van der Waals surface area contributed by atoms with Crippen molar-refractivity contribution in [1.82, 2.24) is 4.90 Å². The molecule has 1 aromatic rings. The normalized spacial score (nSPS) is 21.6. The highest BCUT2D eigenvalue weighted by Crippen LogP contribution is 2.24. The Labute approximate surface area is 105 Å². The lowest BCUT2D eigenvalue weighted by molar-refractivity contribution is 0.153. The van der Waals surface area contributed by atoms with Gasteiger partial charge in [-0.3, -0.25) is 4.90 Å². The van der Waals surface area contributed by atoms with E-state index < -0.39 is 0 Å². The van der Waals surface area contributed by atoms with Crippen LogP contribution in [-0.2, 0) is 6.54 Å². The van der Waals surface area contributed by atoms with Gasteiger partial charge >= 0.3 is 0 Å². The largest absolute Gasteiger partial charge is 0.395 e. The first-order valence-electron chi connectivity index (χ1n) is 5.80. The summed E-state index contributed by atoms with van der Waals surface area (Å²) in [6, 6.07) is 6.82. The quantitative estimate of drug-likeness (QED) is 0.922. The maximum atomic E-state index is 9.27. The van der Waals surface area contributed by atoms with Crippen LogP contribution in [0.15, 0.2) is 22.7 Å². The second-order valence-corrected chi connectivity index (χ2v) is 5.40. The molecule has 2 nitrogen and oxygen atoms in total. The van der Waals surface area contributed by atoms with Gasteiger partial charge in [-0.2, -0.15) is 0 Å². The lowest BCUT2D eigenvalue weighted by Crippen LogP contribution is -2.31.